The summed E-state index contributed by atoms with van der Waals surface area (Å²) in [6.07, 6.45) is 0. The van der Waals surface area contributed by atoms with Crippen LogP contribution in [-0.4, -0.2) is 58.1 Å². The van der Waals surface area contributed by atoms with E-state index in [0.717, 1.165) is 24.0 Å². The van der Waals surface area contributed by atoms with Crippen LogP contribution in [0.15, 0.2) is 39.6 Å². The van der Waals surface area contributed by atoms with Gasteiger partial charge in [0.1, 0.15) is 17.3 Å². The van der Waals surface area contributed by atoms with Crippen LogP contribution in [0, 0.1) is 12.7 Å². The molecule has 0 aliphatic carbocycles. The van der Waals surface area contributed by atoms with E-state index in [1.165, 1.54) is 0 Å². The van der Waals surface area contributed by atoms with E-state index in [1.54, 1.807) is 13.8 Å². The Morgan fingerprint density at radius 1 is 1.19 bits per heavy atom. The van der Waals surface area contributed by atoms with Crippen molar-refractivity contribution in [3.63, 3.8) is 0 Å². The van der Waals surface area contributed by atoms with E-state index < -0.39 is 21.7 Å². The molecule has 1 fully saturated rings. The zero-order chi connectivity index (χ0) is 22.6. The van der Waals surface area contributed by atoms with Gasteiger partial charge in [-0.2, -0.15) is 0 Å². The van der Waals surface area contributed by atoms with Crippen LogP contribution >= 0.6 is 0 Å². The van der Waals surface area contributed by atoms with E-state index in [2.05, 4.69) is 14.9 Å². The second-order valence-electron chi connectivity index (χ2n) is 7.74. The second-order valence-corrected chi connectivity index (χ2v) is 9.45. The summed E-state index contributed by atoms with van der Waals surface area (Å²) in [5.41, 5.74) is -0.331. The second kappa shape index (κ2) is 9.90. The van der Waals surface area contributed by atoms with Crippen molar-refractivity contribution < 1.29 is 26.8 Å². The molecule has 3 rings (SSSR count). The van der Waals surface area contributed by atoms with Crippen LogP contribution in [0.3, 0.4) is 0 Å². The first-order valence-electron chi connectivity index (χ1n) is 10.2. The first kappa shape index (κ1) is 23.4. The molecule has 8 nitrogen and oxygen atoms in total. The van der Waals surface area contributed by atoms with Crippen LogP contribution < -0.4 is 10.0 Å². The molecule has 1 aliphatic rings. The van der Waals surface area contributed by atoms with Gasteiger partial charge in [-0.15, -0.1) is 0 Å². The van der Waals surface area contributed by atoms with Gasteiger partial charge in [0.2, 0.25) is 10.0 Å². The Bertz CT molecular complexity index is 1020. The molecule has 1 aromatic heterocycles. The minimum atomic E-state index is -3.85. The molecule has 1 saturated heterocycles. The third-order valence-corrected chi connectivity index (χ3v) is 6.57. The van der Waals surface area contributed by atoms with Crippen molar-refractivity contribution in [3.05, 3.63) is 53.2 Å². The lowest BCUT2D eigenvalue weighted by molar-refractivity contribution is 0.0117. The fraction of sp³-hybridized carbons (Fsp3) is 0.476. The quantitative estimate of drug-likeness (QED) is 0.636. The molecule has 1 aliphatic heterocycles. The Labute approximate surface area is 181 Å². The Hall–Kier alpha value is -2.27. The van der Waals surface area contributed by atoms with E-state index in [4.69, 9.17) is 9.15 Å². The monoisotopic (exact) mass is 453 g/mol. The van der Waals surface area contributed by atoms with Crippen molar-refractivity contribution in [2.45, 2.75) is 37.8 Å². The molecule has 0 radical (unpaired) electrons. The lowest BCUT2D eigenvalue weighted by atomic mass is 10.1. The van der Waals surface area contributed by atoms with E-state index in [9.17, 15) is 17.6 Å². The molecule has 170 valence electrons. The van der Waals surface area contributed by atoms with Crippen molar-refractivity contribution in [1.82, 2.24) is 14.9 Å². The zero-order valence-corrected chi connectivity index (χ0v) is 18.7. The molecule has 0 bridgehead atoms. The Morgan fingerprint density at radius 2 is 1.90 bits per heavy atom. The molecule has 1 amide bonds. The van der Waals surface area contributed by atoms with Gasteiger partial charge < -0.3 is 14.5 Å². The highest BCUT2D eigenvalue weighted by molar-refractivity contribution is 7.89. The molecule has 0 spiro atoms. The molecule has 2 N–H and O–H groups in total. The van der Waals surface area contributed by atoms with Gasteiger partial charge in [-0.1, -0.05) is 0 Å². The van der Waals surface area contributed by atoms with Crippen LogP contribution in [-0.2, 0) is 14.8 Å². The molecule has 1 unspecified atom stereocenters. The van der Waals surface area contributed by atoms with Crippen LogP contribution in [0.1, 0.15) is 41.8 Å². The molecule has 2 heterocycles. The van der Waals surface area contributed by atoms with Gasteiger partial charge in [-0.05, 0) is 51.1 Å². The predicted octanol–water partition coefficient (Wildman–Crippen LogP) is 2.22. The molecule has 1 aromatic carbocycles. The fourth-order valence-electron chi connectivity index (χ4n) is 3.44. The Kier molecular flexibility index (Phi) is 7.47. The Balaban J connectivity index is 1.78. The van der Waals surface area contributed by atoms with E-state index in [0.29, 0.717) is 32.1 Å². The minimum Gasteiger partial charge on any atom is -0.465 e. The number of hydrogen-bond acceptors (Lipinski definition) is 6. The standard InChI is InChI=1S/C21H28FN3O5S/c1-14(2)24-31(27,28)16-5-6-18(22)17(12-16)21(26)23-13-19(20-7-4-15(3)30-20)25-8-10-29-11-9-25/h4-7,12,14,19,24H,8-11,13H2,1-3H3,(H,23,26). The van der Waals surface area contributed by atoms with Crippen LogP contribution in [0.5, 0.6) is 0 Å². The van der Waals surface area contributed by atoms with E-state index in [1.807, 2.05) is 19.1 Å². The number of rotatable bonds is 8. The smallest absolute Gasteiger partial charge is 0.254 e. The lowest BCUT2D eigenvalue weighted by Crippen LogP contribution is -2.43. The minimum absolute atomic E-state index is 0.167. The fourth-order valence-corrected chi connectivity index (χ4v) is 4.72. The average Bonchev–Trinajstić information content (AvgIpc) is 3.14. The molecule has 31 heavy (non-hydrogen) atoms. The summed E-state index contributed by atoms with van der Waals surface area (Å²) in [4.78, 5) is 14.7. The SMILES string of the molecule is Cc1ccc(C(CNC(=O)c2cc(S(=O)(=O)NC(C)C)ccc2F)N2CCOCC2)o1. The van der Waals surface area contributed by atoms with Gasteiger partial charge in [0, 0.05) is 25.7 Å². The summed E-state index contributed by atoms with van der Waals surface area (Å²) >= 11 is 0. The largest absolute Gasteiger partial charge is 0.465 e. The highest BCUT2D eigenvalue weighted by Gasteiger charge is 2.27. The maximum Gasteiger partial charge on any atom is 0.254 e. The van der Waals surface area contributed by atoms with Gasteiger partial charge in [-0.3, -0.25) is 9.69 Å². The Morgan fingerprint density at radius 3 is 2.52 bits per heavy atom. The van der Waals surface area contributed by atoms with Gasteiger partial charge in [-0.25, -0.2) is 17.5 Å². The maximum atomic E-state index is 14.4. The summed E-state index contributed by atoms with van der Waals surface area (Å²) in [5, 5.41) is 2.73. The maximum absolute atomic E-state index is 14.4. The third-order valence-electron chi connectivity index (χ3n) is 4.92. The number of hydrogen-bond donors (Lipinski definition) is 2. The number of halogens is 1. The van der Waals surface area contributed by atoms with Crippen molar-refractivity contribution in [2.75, 3.05) is 32.8 Å². The third kappa shape index (κ3) is 5.91. The number of amides is 1. The predicted molar refractivity (Wildman–Crippen MR) is 113 cm³/mol. The van der Waals surface area contributed by atoms with Gasteiger partial charge in [0.15, 0.2) is 0 Å². The van der Waals surface area contributed by atoms with Crippen LogP contribution in [0.4, 0.5) is 4.39 Å². The van der Waals surface area contributed by atoms with Gasteiger partial charge >= 0.3 is 0 Å². The zero-order valence-electron chi connectivity index (χ0n) is 17.9. The van der Waals surface area contributed by atoms with E-state index in [-0.39, 0.29) is 29.1 Å². The molecule has 2 aromatic rings. The number of nitrogens with one attached hydrogen (secondary N) is 2. The van der Waals surface area contributed by atoms with Crippen LogP contribution in [0.2, 0.25) is 0 Å². The number of aryl methyl sites for hydroxylation is 1. The summed E-state index contributed by atoms with van der Waals surface area (Å²) in [6, 6.07) is 6.29. The number of ether oxygens (including phenoxy) is 1. The first-order valence-corrected chi connectivity index (χ1v) is 11.6. The number of benzene rings is 1. The highest BCUT2D eigenvalue weighted by Crippen LogP contribution is 2.24. The van der Waals surface area contributed by atoms with E-state index >= 15 is 0 Å². The van der Waals surface area contributed by atoms with Crippen LogP contribution in [0.25, 0.3) is 0 Å². The summed E-state index contributed by atoms with van der Waals surface area (Å²) in [7, 11) is -3.85. The number of furan rings is 1. The molecular formula is C21H28FN3O5S. The number of carbonyl (C=O) groups excluding carboxylic acids is 1. The molecule has 1 atom stereocenters. The summed E-state index contributed by atoms with van der Waals surface area (Å²) in [5.74, 6) is -0.0442. The summed E-state index contributed by atoms with van der Waals surface area (Å²) in [6.45, 7) is 7.85. The van der Waals surface area contributed by atoms with Gasteiger partial charge in [0.05, 0.1) is 29.7 Å². The molecule has 0 saturated carbocycles. The number of nitrogens with zero attached hydrogens (tertiary/aromatic N) is 1. The first-order chi connectivity index (χ1) is 14.7. The number of sulfonamides is 1. The number of carbonyl (C=O) groups is 1. The van der Waals surface area contributed by atoms with Crippen molar-refractivity contribution in [2.24, 2.45) is 0 Å². The normalized spacial score (nSPS) is 16.4. The topological polar surface area (TPSA) is 101 Å². The van der Waals surface area contributed by atoms with Crippen molar-refractivity contribution >= 4 is 15.9 Å². The lowest BCUT2D eigenvalue weighted by Gasteiger charge is -2.33. The molecular weight excluding hydrogens is 425 g/mol. The van der Waals surface area contributed by atoms with Crippen molar-refractivity contribution in [1.29, 1.82) is 0 Å². The van der Waals surface area contributed by atoms with Gasteiger partial charge in [0.25, 0.3) is 5.91 Å². The highest BCUT2D eigenvalue weighted by atomic mass is 32.2. The van der Waals surface area contributed by atoms with Crippen molar-refractivity contribution in [3.8, 4) is 0 Å². The molecule has 10 heteroatoms. The number of morpholine rings is 1. The summed E-state index contributed by atoms with van der Waals surface area (Å²) < 4.78 is 52.7. The average molecular weight is 454 g/mol.